The Morgan fingerprint density at radius 2 is 1.90 bits per heavy atom. The number of ether oxygens (including phenoxy) is 2. The lowest BCUT2D eigenvalue weighted by Crippen LogP contribution is -2.17. The minimum Gasteiger partial charge on any atom is -0.493 e. The van der Waals surface area contributed by atoms with Crippen molar-refractivity contribution in [3.63, 3.8) is 0 Å². The first-order chi connectivity index (χ1) is 10.0. The van der Waals surface area contributed by atoms with Gasteiger partial charge in [-0.2, -0.15) is 4.98 Å². The summed E-state index contributed by atoms with van der Waals surface area (Å²) in [5, 5.41) is 3.97. The van der Waals surface area contributed by atoms with Crippen molar-refractivity contribution in [2.75, 3.05) is 14.2 Å². The van der Waals surface area contributed by atoms with Crippen LogP contribution in [0.3, 0.4) is 0 Å². The summed E-state index contributed by atoms with van der Waals surface area (Å²) in [5.74, 6) is 2.70. The Morgan fingerprint density at radius 3 is 2.52 bits per heavy atom. The molecular formula is C15H21N3O3. The quantitative estimate of drug-likeness (QED) is 0.879. The zero-order valence-electron chi connectivity index (χ0n) is 12.8. The number of nitrogens with zero attached hydrogens (tertiary/aromatic N) is 2. The summed E-state index contributed by atoms with van der Waals surface area (Å²) < 4.78 is 15.7. The van der Waals surface area contributed by atoms with Crippen LogP contribution >= 0.6 is 0 Å². The van der Waals surface area contributed by atoms with Gasteiger partial charge in [0, 0.05) is 6.42 Å². The van der Waals surface area contributed by atoms with E-state index in [0.29, 0.717) is 29.6 Å². The van der Waals surface area contributed by atoms with Gasteiger partial charge in [0.25, 0.3) is 0 Å². The Hall–Kier alpha value is -2.08. The average molecular weight is 291 g/mol. The van der Waals surface area contributed by atoms with Crippen molar-refractivity contribution in [2.24, 2.45) is 11.7 Å². The summed E-state index contributed by atoms with van der Waals surface area (Å²) in [7, 11) is 3.21. The molecule has 0 fully saturated rings. The third kappa shape index (κ3) is 3.52. The van der Waals surface area contributed by atoms with Gasteiger partial charge in [0.05, 0.1) is 20.3 Å². The van der Waals surface area contributed by atoms with Gasteiger partial charge in [-0.3, -0.25) is 0 Å². The van der Waals surface area contributed by atoms with Gasteiger partial charge in [-0.25, -0.2) is 0 Å². The molecule has 1 atom stereocenters. The summed E-state index contributed by atoms with van der Waals surface area (Å²) in [6.07, 6.45) is 0.550. The standard InChI is InChI=1S/C15H21N3O3/c1-9(2)14(16)15-17-13(18-21-15)8-10-5-6-11(19-3)12(7-10)20-4/h5-7,9,14H,8,16H2,1-4H3/t14-/m0/s1. The zero-order valence-corrected chi connectivity index (χ0v) is 12.8. The van der Waals surface area contributed by atoms with Crippen LogP contribution in [0, 0.1) is 5.92 Å². The van der Waals surface area contributed by atoms with E-state index < -0.39 is 0 Å². The minimum absolute atomic E-state index is 0.239. The molecule has 2 rings (SSSR count). The fraction of sp³-hybridized carbons (Fsp3) is 0.467. The Morgan fingerprint density at radius 1 is 1.19 bits per heavy atom. The lowest BCUT2D eigenvalue weighted by molar-refractivity contribution is 0.322. The topological polar surface area (TPSA) is 83.4 Å². The summed E-state index contributed by atoms with van der Waals surface area (Å²) in [5.41, 5.74) is 7.01. The Kier molecular flexibility index (Phi) is 4.80. The summed E-state index contributed by atoms with van der Waals surface area (Å²) >= 11 is 0. The van der Waals surface area contributed by atoms with Gasteiger partial charge in [-0.15, -0.1) is 0 Å². The Bertz CT molecular complexity index is 596. The molecule has 0 unspecified atom stereocenters. The van der Waals surface area contributed by atoms with Crippen LogP contribution in [-0.4, -0.2) is 24.4 Å². The second-order valence-electron chi connectivity index (χ2n) is 5.18. The fourth-order valence-corrected chi connectivity index (χ4v) is 1.93. The molecule has 2 N–H and O–H groups in total. The second kappa shape index (κ2) is 6.58. The molecular weight excluding hydrogens is 270 g/mol. The van der Waals surface area contributed by atoms with E-state index in [9.17, 15) is 0 Å². The highest BCUT2D eigenvalue weighted by molar-refractivity contribution is 5.43. The minimum atomic E-state index is -0.239. The van der Waals surface area contributed by atoms with E-state index in [-0.39, 0.29) is 12.0 Å². The highest BCUT2D eigenvalue weighted by atomic mass is 16.5. The zero-order chi connectivity index (χ0) is 15.4. The number of benzene rings is 1. The van der Waals surface area contributed by atoms with Crippen LogP contribution in [0.25, 0.3) is 0 Å². The van der Waals surface area contributed by atoms with E-state index in [2.05, 4.69) is 10.1 Å². The van der Waals surface area contributed by atoms with Crippen LogP contribution in [-0.2, 0) is 6.42 Å². The lowest BCUT2D eigenvalue weighted by atomic mass is 10.1. The van der Waals surface area contributed by atoms with Crippen molar-refractivity contribution in [1.29, 1.82) is 0 Å². The number of methoxy groups -OCH3 is 2. The molecule has 0 radical (unpaired) electrons. The van der Waals surface area contributed by atoms with Crippen molar-refractivity contribution >= 4 is 0 Å². The third-order valence-electron chi connectivity index (χ3n) is 3.30. The van der Waals surface area contributed by atoms with E-state index in [1.165, 1.54) is 0 Å². The highest BCUT2D eigenvalue weighted by Crippen LogP contribution is 2.28. The molecule has 0 amide bonds. The van der Waals surface area contributed by atoms with Gasteiger partial charge < -0.3 is 19.7 Å². The van der Waals surface area contributed by atoms with E-state index in [1.807, 2.05) is 32.0 Å². The summed E-state index contributed by atoms with van der Waals surface area (Å²) in [4.78, 5) is 4.35. The Labute approximate surface area is 124 Å². The molecule has 0 saturated heterocycles. The number of hydrogen-bond acceptors (Lipinski definition) is 6. The molecule has 0 aliphatic carbocycles. The fourth-order valence-electron chi connectivity index (χ4n) is 1.93. The molecule has 21 heavy (non-hydrogen) atoms. The van der Waals surface area contributed by atoms with Crippen LogP contribution in [0.2, 0.25) is 0 Å². The van der Waals surface area contributed by atoms with E-state index in [0.717, 1.165) is 5.56 Å². The lowest BCUT2D eigenvalue weighted by Gasteiger charge is -2.09. The maximum Gasteiger partial charge on any atom is 0.243 e. The van der Waals surface area contributed by atoms with Gasteiger partial charge in [-0.05, 0) is 23.6 Å². The first-order valence-electron chi connectivity index (χ1n) is 6.84. The third-order valence-corrected chi connectivity index (χ3v) is 3.30. The summed E-state index contributed by atoms with van der Waals surface area (Å²) in [6, 6.07) is 5.46. The van der Waals surface area contributed by atoms with Crippen molar-refractivity contribution in [3.8, 4) is 11.5 Å². The largest absolute Gasteiger partial charge is 0.493 e. The highest BCUT2D eigenvalue weighted by Gasteiger charge is 2.18. The van der Waals surface area contributed by atoms with Crippen LogP contribution in [0.4, 0.5) is 0 Å². The molecule has 0 spiro atoms. The molecule has 0 bridgehead atoms. The molecule has 2 aromatic rings. The second-order valence-corrected chi connectivity index (χ2v) is 5.18. The molecule has 0 aliphatic heterocycles. The van der Waals surface area contributed by atoms with Crippen LogP contribution < -0.4 is 15.2 Å². The molecule has 6 heteroatoms. The molecule has 1 heterocycles. The van der Waals surface area contributed by atoms with Gasteiger partial charge >= 0.3 is 0 Å². The van der Waals surface area contributed by atoms with Gasteiger partial charge in [0.2, 0.25) is 5.89 Å². The molecule has 1 aromatic heterocycles. The van der Waals surface area contributed by atoms with Crippen LogP contribution in [0.5, 0.6) is 11.5 Å². The van der Waals surface area contributed by atoms with E-state index in [4.69, 9.17) is 19.7 Å². The van der Waals surface area contributed by atoms with Gasteiger partial charge in [0.15, 0.2) is 17.3 Å². The van der Waals surface area contributed by atoms with Crippen molar-refractivity contribution in [2.45, 2.75) is 26.3 Å². The monoisotopic (exact) mass is 291 g/mol. The van der Waals surface area contributed by atoms with E-state index in [1.54, 1.807) is 14.2 Å². The van der Waals surface area contributed by atoms with Crippen LogP contribution in [0.1, 0.15) is 37.2 Å². The number of nitrogens with two attached hydrogens (primary N) is 1. The first kappa shape index (κ1) is 15.3. The van der Waals surface area contributed by atoms with Crippen molar-refractivity contribution in [3.05, 3.63) is 35.5 Å². The predicted octanol–water partition coefficient (Wildman–Crippen LogP) is 2.33. The Balaban J connectivity index is 2.15. The normalized spacial score (nSPS) is 12.5. The molecule has 6 nitrogen and oxygen atoms in total. The van der Waals surface area contributed by atoms with Gasteiger partial charge in [0.1, 0.15) is 0 Å². The molecule has 0 aliphatic rings. The number of aromatic nitrogens is 2. The maximum atomic E-state index is 6.00. The predicted molar refractivity (Wildman–Crippen MR) is 78.4 cm³/mol. The summed E-state index contributed by atoms with van der Waals surface area (Å²) in [6.45, 7) is 4.03. The SMILES string of the molecule is COc1ccc(Cc2noc([C@@H](N)C(C)C)n2)cc1OC. The van der Waals surface area contributed by atoms with Crippen molar-refractivity contribution in [1.82, 2.24) is 10.1 Å². The van der Waals surface area contributed by atoms with E-state index >= 15 is 0 Å². The smallest absolute Gasteiger partial charge is 0.243 e. The maximum absolute atomic E-state index is 6.00. The van der Waals surface area contributed by atoms with Crippen LogP contribution in [0.15, 0.2) is 22.7 Å². The van der Waals surface area contributed by atoms with Crippen molar-refractivity contribution < 1.29 is 14.0 Å². The first-order valence-corrected chi connectivity index (χ1v) is 6.84. The number of hydrogen-bond donors (Lipinski definition) is 1. The molecule has 0 saturated carbocycles. The van der Waals surface area contributed by atoms with Gasteiger partial charge in [-0.1, -0.05) is 25.1 Å². The molecule has 114 valence electrons. The molecule has 1 aromatic carbocycles. The average Bonchev–Trinajstić information content (AvgIpc) is 2.94. The number of rotatable bonds is 6.